The highest BCUT2D eigenvalue weighted by Crippen LogP contribution is 2.27. The number of halogens is 1. The van der Waals surface area contributed by atoms with Gasteiger partial charge in [0.15, 0.2) is 0 Å². The maximum Gasteiger partial charge on any atom is 0.134 e. The highest BCUT2D eigenvalue weighted by molar-refractivity contribution is 9.10. The predicted molar refractivity (Wildman–Crippen MR) is 88.8 cm³/mol. The minimum atomic E-state index is 0.516. The van der Waals surface area contributed by atoms with Crippen molar-refractivity contribution in [1.82, 2.24) is 5.32 Å². The molecule has 2 aromatic carbocycles. The van der Waals surface area contributed by atoms with Gasteiger partial charge in [-0.25, -0.2) is 0 Å². The summed E-state index contributed by atoms with van der Waals surface area (Å²) in [6.07, 6.45) is 0. The smallest absolute Gasteiger partial charge is 0.134 e. The fraction of sp³-hybridized carbons (Fsp3) is 0.294. The molecular formula is C17H20BrNO2. The van der Waals surface area contributed by atoms with Crippen molar-refractivity contribution < 1.29 is 9.47 Å². The second kappa shape index (κ2) is 8.05. The lowest BCUT2D eigenvalue weighted by Gasteiger charge is -2.11. The Kier molecular flexibility index (Phi) is 6.08. The Morgan fingerprint density at radius 3 is 2.67 bits per heavy atom. The monoisotopic (exact) mass is 349 g/mol. The summed E-state index contributed by atoms with van der Waals surface area (Å²) >= 11 is 3.56. The zero-order valence-corrected chi connectivity index (χ0v) is 13.9. The molecule has 0 fully saturated rings. The van der Waals surface area contributed by atoms with Crippen molar-refractivity contribution in [2.75, 3.05) is 13.7 Å². The Morgan fingerprint density at radius 2 is 1.95 bits per heavy atom. The van der Waals surface area contributed by atoms with E-state index in [-0.39, 0.29) is 0 Å². The van der Waals surface area contributed by atoms with Gasteiger partial charge >= 0.3 is 0 Å². The van der Waals surface area contributed by atoms with Gasteiger partial charge in [0.25, 0.3) is 0 Å². The third kappa shape index (κ3) is 4.76. The van der Waals surface area contributed by atoms with Crippen LogP contribution >= 0.6 is 15.9 Å². The van der Waals surface area contributed by atoms with Gasteiger partial charge in [-0.1, -0.05) is 25.1 Å². The molecule has 0 heterocycles. The van der Waals surface area contributed by atoms with E-state index in [1.165, 1.54) is 5.56 Å². The molecule has 0 aromatic heterocycles. The van der Waals surface area contributed by atoms with E-state index in [9.17, 15) is 0 Å². The molecule has 0 saturated carbocycles. The van der Waals surface area contributed by atoms with Crippen LogP contribution in [0.2, 0.25) is 0 Å². The maximum absolute atomic E-state index is 5.86. The van der Waals surface area contributed by atoms with Crippen LogP contribution in [0.4, 0.5) is 0 Å². The highest BCUT2D eigenvalue weighted by atomic mass is 79.9. The van der Waals surface area contributed by atoms with E-state index in [1.54, 1.807) is 7.11 Å². The molecule has 1 N–H and O–H groups in total. The average molecular weight is 350 g/mol. The third-order valence-electron chi connectivity index (χ3n) is 3.10. The molecule has 3 nitrogen and oxygen atoms in total. The number of benzene rings is 2. The van der Waals surface area contributed by atoms with Crippen LogP contribution in [-0.2, 0) is 13.2 Å². The lowest BCUT2D eigenvalue weighted by molar-refractivity contribution is 0.303. The first-order valence-corrected chi connectivity index (χ1v) is 7.77. The van der Waals surface area contributed by atoms with Gasteiger partial charge in [0.1, 0.15) is 18.1 Å². The lowest BCUT2D eigenvalue weighted by Crippen LogP contribution is -2.11. The fourth-order valence-electron chi connectivity index (χ4n) is 1.96. The molecular weight excluding hydrogens is 330 g/mol. The molecule has 0 aliphatic carbocycles. The van der Waals surface area contributed by atoms with Gasteiger partial charge in [0.2, 0.25) is 0 Å². The Bertz CT molecular complexity index is 587. The van der Waals surface area contributed by atoms with Crippen LogP contribution in [0.3, 0.4) is 0 Å². The summed E-state index contributed by atoms with van der Waals surface area (Å²) in [5.74, 6) is 1.69. The molecule has 21 heavy (non-hydrogen) atoms. The number of hydrogen-bond donors (Lipinski definition) is 1. The first-order chi connectivity index (χ1) is 10.2. The van der Waals surface area contributed by atoms with E-state index in [2.05, 4.69) is 40.3 Å². The molecule has 0 atom stereocenters. The van der Waals surface area contributed by atoms with Gasteiger partial charge in [-0.15, -0.1) is 0 Å². The van der Waals surface area contributed by atoms with Crippen LogP contribution in [0, 0.1) is 0 Å². The van der Waals surface area contributed by atoms with E-state index in [1.807, 2.05) is 30.3 Å². The van der Waals surface area contributed by atoms with Crippen LogP contribution < -0.4 is 14.8 Å². The molecule has 0 radical (unpaired) electrons. The SMILES string of the molecule is CCNCc1ccc(OCc2cccc(OC)c2)c(Br)c1. The largest absolute Gasteiger partial charge is 0.497 e. The molecule has 2 aromatic rings. The van der Waals surface area contributed by atoms with Gasteiger partial charge in [0, 0.05) is 6.54 Å². The zero-order valence-electron chi connectivity index (χ0n) is 12.4. The van der Waals surface area contributed by atoms with Gasteiger partial charge in [0.05, 0.1) is 11.6 Å². The van der Waals surface area contributed by atoms with Crippen LogP contribution in [0.15, 0.2) is 46.9 Å². The van der Waals surface area contributed by atoms with Crippen LogP contribution in [0.25, 0.3) is 0 Å². The highest BCUT2D eigenvalue weighted by Gasteiger charge is 2.04. The molecule has 2 rings (SSSR count). The van der Waals surface area contributed by atoms with E-state index in [0.717, 1.165) is 34.6 Å². The fourth-order valence-corrected chi connectivity index (χ4v) is 2.50. The topological polar surface area (TPSA) is 30.5 Å². The van der Waals surface area contributed by atoms with Crippen molar-refractivity contribution in [1.29, 1.82) is 0 Å². The molecule has 0 unspecified atom stereocenters. The molecule has 4 heteroatoms. The third-order valence-corrected chi connectivity index (χ3v) is 3.72. The van der Waals surface area contributed by atoms with E-state index in [0.29, 0.717) is 6.61 Å². The summed E-state index contributed by atoms with van der Waals surface area (Å²) < 4.78 is 12.0. The predicted octanol–water partition coefficient (Wildman–Crippen LogP) is 4.15. The van der Waals surface area contributed by atoms with Gasteiger partial charge in [-0.2, -0.15) is 0 Å². The molecule has 0 spiro atoms. The number of nitrogens with one attached hydrogen (secondary N) is 1. The first-order valence-electron chi connectivity index (χ1n) is 6.97. The average Bonchev–Trinajstić information content (AvgIpc) is 2.52. The van der Waals surface area contributed by atoms with Crippen molar-refractivity contribution in [3.63, 3.8) is 0 Å². The van der Waals surface area contributed by atoms with Gasteiger partial charge < -0.3 is 14.8 Å². The summed E-state index contributed by atoms with van der Waals surface area (Å²) in [5.41, 5.74) is 2.32. The molecule has 0 saturated heterocycles. The molecule has 112 valence electrons. The Hall–Kier alpha value is -1.52. The van der Waals surface area contributed by atoms with E-state index < -0.39 is 0 Å². The summed E-state index contributed by atoms with van der Waals surface area (Å²) in [4.78, 5) is 0. The Morgan fingerprint density at radius 1 is 1.10 bits per heavy atom. The van der Waals surface area contributed by atoms with Crippen molar-refractivity contribution in [3.05, 3.63) is 58.1 Å². The minimum absolute atomic E-state index is 0.516. The maximum atomic E-state index is 5.86. The second-order valence-electron chi connectivity index (χ2n) is 4.69. The summed E-state index contributed by atoms with van der Waals surface area (Å²) in [7, 11) is 1.67. The Balaban J connectivity index is 1.99. The molecule has 0 bridgehead atoms. The quantitative estimate of drug-likeness (QED) is 0.814. The van der Waals surface area contributed by atoms with Crippen molar-refractivity contribution in [2.24, 2.45) is 0 Å². The lowest BCUT2D eigenvalue weighted by atomic mass is 10.2. The Labute approximate surface area is 134 Å². The summed E-state index contributed by atoms with van der Waals surface area (Å²) in [6.45, 7) is 4.44. The number of hydrogen-bond acceptors (Lipinski definition) is 3. The zero-order chi connectivity index (χ0) is 15.1. The normalized spacial score (nSPS) is 10.4. The van der Waals surface area contributed by atoms with Crippen molar-refractivity contribution in [2.45, 2.75) is 20.1 Å². The first kappa shape index (κ1) is 15.9. The number of methoxy groups -OCH3 is 1. The number of rotatable bonds is 7. The van der Waals surface area contributed by atoms with Crippen molar-refractivity contribution >= 4 is 15.9 Å². The molecule has 0 aliphatic rings. The van der Waals surface area contributed by atoms with E-state index >= 15 is 0 Å². The van der Waals surface area contributed by atoms with Crippen LogP contribution in [-0.4, -0.2) is 13.7 Å². The number of ether oxygens (including phenoxy) is 2. The van der Waals surface area contributed by atoms with E-state index in [4.69, 9.17) is 9.47 Å². The van der Waals surface area contributed by atoms with Gasteiger partial charge in [-0.05, 0) is 57.9 Å². The summed E-state index contributed by atoms with van der Waals surface area (Å²) in [6, 6.07) is 14.1. The second-order valence-corrected chi connectivity index (χ2v) is 5.54. The van der Waals surface area contributed by atoms with Crippen molar-refractivity contribution in [3.8, 4) is 11.5 Å². The van der Waals surface area contributed by atoms with Crippen LogP contribution in [0.5, 0.6) is 11.5 Å². The molecule has 0 amide bonds. The molecule has 0 aliphatic heterocycles. The summed E-state index contributed by atoms with van der Waals surface area (Å²) in [5, 5.41) is 3.31. The van der Waals surface area contributed by atoms with Crippen LogP contribution in [0.1, 0.15) is 18.1 Å². The van der Waals surface area contributed by atoms with Gasteiger partial charge in [-0.3, -0.25) is 0 Å². The minimum Gasteiger partial charge on any atom is -0.497 e. The standard InChI is InChI=1S/C17H20BrNO2/c1-3-19-11-13-7-8-17(16(18)10-13)21-12-14-5-4-6-15(9-14)20-2/h4-10,19H,3,11-12H2,1-2H3.